The molecule has 98 valence electrons. The van der Waals surface area contributed by atoms with Crippen LogP contribution in [-0.2, 0) is 0 Å². The number of benzene rings is 1. The van der Waals surface area contributed by atoms with Crippen LogP contribution in [0.5, 0.6) is 5.75 Å². The van der Waals surface area contributed by atoms with E-state index in [0.29, 0.717) is 16.7 Å². The number of H-pyrrole nitrogens is 1. The molecule has 0 atom stereocenters. The number of thioether (sulfide) groups is 1. The smallest absolute Gasteiger partial charge is 0.240 e. The van der Waals surface area contributed by atoms with Crippen molar-refractivity contribution < 1.29 is 5.11 Å². The maximum atomic E-state index is 9.54. The van der Waals surface area contributed by atoms with Gasteiger partial charge in [0.15, 0.2) is 0 Å². The Kier molecular flexibility index (Phi) is 4.57. The predicted octanol–water partition coefficient (Wildman–Crippen LogP) is 2.23. The first kappa shape index (κ1) is 13.2. The van der Waals surface area contributed by atoms with Crippen LogP contribution in [0.25, 0.3) is 0 Å². The molecule has 19 heavy (non-hydrogen) atoms. The lowest BCUT2D eigenvalue weighted by Crippen LogP contribution is -1.92. The standard InChI is InChI=1S/C12H13N5OS/c1-2-7-19-12-14-11(16-17-12)15-13-8-9-5-3-4-6-10(9)18/h2-6,8,18H,1,7H2,(H2,14,15,16,17)/b13-8+. The number of para-hydroxylation sites is 1. The zero-order valence-electron chi connectivity index (χ0n) is 10.1. The minimum atomic E-state index is 0.174. The van der Waals surface area contributed by atoms with Crippen molar-refractivity contribution >= 4 is 23.9 Å². The number of nitrogens with zero attached hydrogens (tertiary/aromatic N) is 3. The van der Waals surface area contributed by atoms with E-state index in [0.717, 1.165) is 5.75 Å². The number of aromatic hydroxyl groups is 1. The number of nitrogens with one attached hydrogen (secondary N) is 2. The third-order valence-corrected chi connectivity index (χ3v) is 2.95. The Labute approximate surface area is 114 Å². The van der Waals surface area contributed by atoms with E-state index >= 15 is 0 Å². The second-order valence-electron chi connectivity index (χ2n) is 3.50. The summed E-state index contributed by atoms with van der Waals surface area (Å²) < 4.78 is 0. The first-order chi connectivity index (χ1) is 9.29. The number of hydrazone groups is 1. The highest BCUT2D eigenvalue weighted by Gasteiger charge is 2.01. The summed E-state index contributed by atoms with van der Waals surface area (Å²) in [5.41, 5.74) is 3.33. The average Bonchev–Trinajstić information content (AvgIpc) is 2.86. The molecule has 0 spiro atoms. The van der Waals surface area contributed by atoms with E-state index < -0.39 is 0 Å². The second kappa shape index (κ2) is 6.60. The molecule has 0 aliphatic carbocycles. The summed E-state index contributed by atoms with van der Waals surface area (Å²) >= 11 is 1.47. The fourth-order valence-electron chi connectivity index (χ4n) is 1.25. The summed E-state index contributed by atoms with van der Waals surface area (Å²) in [5.74, 6) is 1.37. The number of phenolic OH excluding ortho intramolecular Hbond substituents is 1. The molecule has 2 aromatic rings. The van der Waals surface area contributed by atoms with Crippen LogP contribution in [0.1, 0.15) is 5.56 Å². The molecule has 1 aromatic heterocycles. The molecule has 0 amide bonds. The normalized spacial score (nSPS) is 10.7. The van der Waals surface area contributed by atoms with Crippen LogP contribution < -0.4 is 5.43 Å². The molecule has 1 aromatic carbocycles. The number of aromatic nitrogens is 3. The fourth-order valence-corrected chi connectivity index (χ4v) is 1.79. The van der Waals surface area contributed by atoms with Crippen molar-refractivity contribution in [3.63, 3.8) is 0 Å². The van der Waals surface area contributed by atoms with Crippen molar-refractivity contribution in [1.29, 1.82) is 0 Å². The van der Waals surface area contributed by atoms with Crippen molar-refractivity contribution in [1.82, 2.24) is 15.2 Å². The Morgan fingerprint density at radius 1 is 1.47 bits per heavy atom. The van der Waals surface area contributed by atoms with Crippen molar-refractivity contribution in [3.8, 4) is 5.75 Å². The van der Waals surface area contributed by atoms with Gasteiger partial charge in [0.05, 0.1) is 6.21 Å². The molecule has 0 saturated heterocycles. The predicted molar refractivity (Wildman–Crippen MR) is 76.6 cm³/mol. The Morgan fingerprint density at radius 3 is 3.11 bits per heavy atom. The van der Waals surface area contributed by atoms with E-state index in [4.69, 9.17) is 0 Å². The van der Waals surface area contributed by atoms with Gasteiger partial charge in [-0.15, -0.1) is 11.7 Å². The third kappa shape index (κ3) is 3.85. The summed E-state index contributed by atoms with van der Waals surface area (Å²) in [6.45, 7) is 3.62. The first-order valence-corrected chi connectivity index (χ1v) is 6.51. The maximum Gasteiger partial charge on any atom is 0.240 e. The van der Waals surface area contributed by atoms with E-state index in [1.165, 1.54) is 18.0 Å². The van der Waals surface area contributed by atoms with Gasteiger partial charge < -0.3 is 5.11 Å². The van der Waals surface area contributed by atoms with Gasteiger partial charge >= 0.3 is 0 Å². The van der Waals surface area contributed by atoms with Gasteiger partial charge in [0, 0.05) is 11.3 Å². The molecule has 0 bridgehead atoms. The molecule has 0 unspecified atom stereocenters. The molecule has 7 heteroatoms. The van der Waals surface area contributed by atoms with Crippen LogP contribution in [0.3, 0.4) is 0 Å². The molecular formula is C12H13N5OS. The lowest BCUT2D eigenvalue weighted by Gasteiger charge is -1.96. The van der Waals surface area contributed by atoms with Crippen LogP contribution >= 0.6 is 11.8 Å². The minimum absolute atomic E-state index is 0.174. The largest absolute Gasteiger partial charge is 0.507 e. The zero-order valence-corrected chi connectivity index (χ0v) is 10.9. The SMILES string of the molecule is C=CCSc1n[nH]c(N/N=C/c2ccccc2O)n1. The number of hydrogen-bond acceptors (Lipinski definition) is 6. The van der Waals surface area contributed by atoms with Crippen molar-refractivity contribution in [2.24, 2.45) is 5.10 Å². The van der Waals surface area contributed by atoms with Gasteiger partial charge in [-0.05, 0) is 12.1 Å². The molecule has 0 aliphatic heterocycles. The Hall–Kier alpha value is -2.28. The van der Waals surface area contributed by atoms with E-state index in [-0.39, 0.29) is 5.75 Å². The molecule has 0 fully saturated rings. The summed E-state index contributed by atoms with van der Waals surface area (Å²) in [7, 11) is 0. The number of hydrogen-bond donors (Lipinski definition) is 3. The van der Waals surface area contributed by atoms with Crippen LogP contribution in [0.4, 0.5) is 5.95 Å². The summed E-state index contributed by atoms with van der Waals surface area (Å²) in [6.07, 6.45) is 3.29. The molecule has 0 radical (unpaired) electrons. The van der Waals surface area contributed by atoms with Crippen LogP contribution in [-0.4, -0.2) is 32.3 Å². The number of aromatic amines is 1. The van der Waals surface area contributed by atoms with Crippen molar-refractivity contribution in [2.75, 3.05) is 11.2 Å². The van der Waals surface area contributed by atoms with Crippen LogP contribution in [0.15, 0.2) is 47.2 Å². The maximum absolute atomic E-state index is 9.54. The van der Waals surface area contributed by atoms with Gasteiger partial charge in [-0.3, -0.25) is 0 Å². The summed E-state index contributed by atoms with van der Waals surface area (Å²) in [6, 6.07) is 6.92. The topological polar surface area (TPSA) is 86.2 Å². The Morgan fingerprint density at radius 2 is 2.32 bits per heavy atom. The number of rotatable bonds is 6. The molecule has 0 aliphatic rings. The van der Waals surface area contributed by atoms with Gasteiger partial charge in [-0.1, -0.05) is 30.0 Å². The van der Waals surface area contributed by atoms with Gasteiger partial charge in [-0.25, -0.2) is 10.5 Å². The third-order valence-electron chi connectivity index (χ3n) is 2.11. The van der Waals surface area contributed by atoms with Crippen molar-refractivity contribution in [3.05, 3.63) is 42.5 Å². The zero-order chi connectivity index (χ0) is 13.5. The molecule has 6 nitrogen and oxygen atoms in total. The molecular weight excluding hydrogens is 262 g/mol. The summed E-state index contributed by atoms with van der Waals surface area (Å²) in [5, 5.41) is 20.8. The molecule has 3 N–H and O–H groups in total. The van der Waals surface area contributed by atoms with Crippen molar-refractivity contribution in [2.45, 2.75) is 5.16 Å². The van der Waals surface area contributed by atoms with Crippen LogP contribution in [0.2, 0.25) is 0 Å². The van der Waals surface area contributed by atoms with E-state index in [1.807, 2.05) is 6.07 Å². The van der Waals surface area contributed by atoms with Gasteiger partial charge in [0.2, 0.25) is 11.1 Å². The molecule has 2 rings (SSSR count). The van der Waals surface area contributed by atoms with Crippen LogP contribution in [0, 0.1) is 0 Å². The van der Waals surface area contributed by atoms with E-state index in [2.05, 4.69) is 32.3 Å². The molecule has 0 saturated carbocycles. The lowest BCUT2D eigenvalue weighted by atomic mass is 10.2. The monoisotopic (exact) mass is 275 g/mol. The fraction of sp³-hybridized carbons (Fsp3) is 0.0833. The average molecular weight is 275 g/mol. The van der Waals surface area contributed by atoms with E-state index in [1.54, 1.807) is 24.3 Å². The Bertz CT molecular complexity index is 581. The van der Waals surface area contributed by atoms with Gasteiger partial charge in [-0.2, -0.15) is 10.1 Å². The minimum Gasteiger partial charge on any atom is -0.507 e. The quantitative estimate of drug-likeness (QED) is 0.326. The molecule has 1 heterocycles. The lowest BCUT2D eigenvalue weighted by molar-refractivity contribution is 0.474. The first-order valence-electron chi connectivity index (χ1n) is 5.53. The highest BCUT2D eigenvalue weighted by molar-refractivity contribution is 7.99. The van der Waals surface area contributed by atoms with Gasteiger partial charge in [0.25, 0.3) is 0 Å². The summed E-state index contributed by atoms with van der Waals surface area (Å²) in [4.78, 5) is 4.16. The highest BCUT2D eigenvalue weighted by atomic mass is 32.2. The second-order valence-corrected chi connectivity index (χ2v) is 4.48. The number of phenols is 1. The number of anilines is 1. The van der Waals surface area contributed by atoms with E-state index in [9.17, 15) is 5.11 Å². The van der Waals surface area contributed by atoms with Gasteiger partial charge in [0.1, 0.15) is 5.75 Å². The Balaban J connectivity index is 1.93. The highest BCUT2D eigenvalue weighted by Crippen LogP contribution is 2.14.